The van der Waals surface area contributed by atoms with Gasteiger partial charge in [-0.15, -0.1) is 11.3 Å². The molecule has 2 aromatic heterocycles. The van der Waals surface area contributed by atoms with Crippen LogP contribution in [0, 0.1) is 6.92 Å². The first-order valence-electron chi connectivity index (χ1n) is 7.37. The van der Waals surface area contributed by atoms with Crippen LogP contribution in [0.1, 0.15) is 20.8 Å². The molecule has 6 nitrogen and oxygen atoms in total. The van der Waals surface area contributed by atoms with E-state index in [1.54, 1.807) is 21.1 Å². The van der Waals surface area contributed by atoms with Crippen LogP contribution in [-0.2, 0) is 13.6 Å². The Labute approximate surface area is 142 Å². The van der Waals surface area contributed by atoms with Gasteiger partial charge in [0.2, 0.25) is 0 Å². The van der Waals surface area contributed by atoms with Gasteiger partial charge in [0.1, 0.15) is 10.6 Å². The topological polar surface area (TPSA) is 73.2 Å². The molecular formula is C17H17N3O3S. The summed E-state index contributed by atoms with van der Waals surface area (Å²) in [6.45, 7) is 2.13. The lowest BCUT2D eigenvalue weighted by molar-refractivity contribution is 0.0954. The number of carbonyl (C=O) groups excluding carboxylic acids is 1. The molecule has 2 heterocycles. The summed E-state index contributed by atoms with van der Waals surface area (Å²) in [5.41, 5.74) is 1.42. The fourth-order valence-corrected chi connectivity index (χ4v) is 3.59. The van der Waals surface area contributed by atoms with Gasteiger partial charge in [-0.1, -0.05) is 18.2 Å². The van der Waals surface area contributed by atoms with Crippen LogP contribution < -0.4 is 15.6 Å². The number of para-hydroxylation sites is 1. The van der Waals surface area contributed by atoms with Crippen LogP contribution in [0.3, 0.4) is 0 Å². The van der Waals surface area contributed by atoms with Gasteiger partial charge < -0.3 is 14.6 Å². The maximum Gasteiger partial charge on any atom is 0.262 e. The number of carbonyl (C=O) groups is 1. The number of aromatic nitrogens is 2. The predicted octanol–water partition coefficient (Wildman–Crippen LogP) is 2.24. The predicted molar refractivity (Wildman–Crippen MR) is 93.8 cm³/mol. The molecule has 24 heavy (non-hydrogen) atoms. The number of methoxy groups -OCH3 is 1. The molecular weight excluding hydrogens is 326 g/mol. The number of amides is 1. The minimum absolute atomic E-state index is 0.141. The third kappa shape index (κ3) is 2.78. The van der Waals surface area contributed by atoms with Gasteiger partial charge in [-0.3, -0.25) is 9.59 Å². The van der Waals surface area contributed by atoms with E-state index in [9.17, 15) is 9.59 Å². The zero-order valence-corrected chi connectivity index (χ0v) is 14.4. The highest BCUT2D eigenvalue weighted by Crippen LogP contribution is 2.26. The number of hydrogen-bond acceptors (Lipinski definition) is 5. The number of nitrogens with zero attached hydrogens (tertiary/aromatic N) is 2. The second-order valence-corrected chi connectivity index (χ2v) is 6.39. The maximum atomic E-state index is 12.5. The average molecular weight is 343 g/mol. The van der Waals surface area contributed by atoms with Crippen LogP contribution >= 0.6 is 11.3 Å². The second kappa shape index (κ2) is 6.45. The monoisotopic (exact) mass is 343 g/mol. The van der Waals surface area contributed by atoms with Gasteiger partial charge in [0.05, 0.1) is 23.7 Å². The van der Waals surface area contributed by atoms with Gasteiger partial charge in [-0.25, -0.2) is 4.98 Å². The van der Waals surface area contributed by atoms with E-state index in [-0.39, 0.29) is 11.5 Å². The summed E-state index contributed by atoms with van der Waals surface area (Å²) in [7, 11) is 3.24. The summed E-state index contributed by atoms with van der Waals surface area (Å²) in [4.78, 5) is 30.1. The molecule has 1 N–H and O–H groups in total. The van der Waals surface area contributed by atoms with Gasteiger partial charge in [0, 0.05) is 19.2 Å². The Kier molecular flexibility index (Phi) is 4.35. The Morgan fingerprint density at radius 1 is 1.38 bits per heavy atom. The Balaban J connectivity index is 1.88. The number of benzene rings is 1. The van der Waals surface area contributed by atoms with E-state index in [4.69, 9.17) is 4.74 Å². The van der Waals surface area contributed by atoms with Crippen LogP contribution in [0.4, 0.5) is 0 Å². The van der Waals surface area contributed by atoms with Crippen molar-refractivity contribution >= 4 is 27.5 Å². The van der Waals surface area contributed by atoms with Crippen molar-refractivity contribution in [1.82, 2.24) is 14.9 Å². The number of fused-ring (bicyclic) bond motifs is 1. The molecule has 3 aromatic rings. The lowest BCUT2D eigenvalue weighted by Crippen LogP contribution is -2.23. The van der Waals surface area contributed by atoms with Crippen molar-refractivity contribution in [3.8, 4) is 5.75 Å². The summed E-state index contributed by atoms with van der Waals surface area (Å²) in [6.07, 6.45) is 1.47. The summed E-state index contributed by atoms with van der Waals surface area (Å²) in [5, 5.41) is 3.39. The van der Waals surface area contributed by atoms with E-state index in [1.165, 1.54) is 22.2 Å². The van der Waals surface area contributed by atoms with Crippen molar-refractivity contribution in [2.45, 2.75) is 13.5 Å². The highest BCUT2D eigenvalue weighted by Gasteiger charge is 2.19. The zero-order chi connectivity index (χ0) is 17.3. The standard InChI is InChI=1S/C17H17N3O3S/c1-10-13-16(19-9-20(2)17(13)22)24-14(10)15(21)18-8-11-6-4-5-7-12(11)23-3/h4-7,9H,8H2,1-3H3,(H,18,21). The van der Waals surface area contributed by atoms with Crippen molar-refractivity contribution in [2.75, 3.05) is 7.11 Å². The van der Waals surface area contributed by atoms with Crippen LogP contribution in [0.5, 0.6) is 5.75 Å². The second-order valence-electron chi connectivity index (χ2n) is 5.39. The van der Waals surface area contributed by atoms with Crippen molar-refractivity contribution in [3.05, 3.63) is 57.0 Å². The molecule has 3 rings (SSSR count). The molecule has 1 aromatic carbocycles. The van der Waals surface area contributed by atoms with Crippen LogP contribution in [0.25, 0.3) is 10.2 Å². The van der Waals surface area contributed by atoms with E-state index in [0.29, 0.717) is 27.2 Å². The van der Waals surface area contributed by atoms with Gasteiger partial charge in [-0.05, 0) is 18.6 Å². The largest absolute Gasteiger partial charge is 0.496 e. The minimum atomic E-state index is -0.219. The molecule has 0 atom stereocenters. The Hall–Kier alpha value is -2.67. The van der Waals surface area contributed by atoms with Crippen molar-refractivity contribution in [2.24, 2.45) is 7.05 Å². The molecule has 0 aliphatic heterocycles. The minimum Gasteiger partial charge on any atom is -0.496 e. The van der Waals surface area contributed by atoms with Crippen LogP contribution in [0.15, 0.2) is 35.4 Å². The molecule has 0 aliphatic rings. The summed E-state index contributed by atoms with van der Waals surface area (Å²) in [5.74, 6) is 0.504. The summed E-state index contributed by atoms with van der Waals surface area (Å²) < 4.78 is 6.70. The highest BCUT2D eigenvalue weighted by atomic mass is 32.1. The lowest BCUT2D eigenvalue weighted by Gasteiger charge is -2.09. The normalized spacial score (nSPS) is 10.8. The van der Waals surface area contributed by atoms with E-state index >= 15 is 0 Å². The van der Waals surface area contributed by atoms with E-state index < -0.39 is 0 Å². The molecule has 0 radical (unpaired) electrons. The SMILES string of the molecule is COc1ccccc1CNC(=O)c1sc2ncn(C)c(=O)c2c1C. The van der Waals surface area contributed by atoms with Gasteiger partial charge >= 0.3 is 0 Å². The smallest absolute Gasteiger partial charge is 0.262 e. The van der Waals surface area contributed by atoms with Gasteiger partial charge in [-0.2, -0.15) is 0 Å². The molecule has 7 heteroatoms. The average Bonchev–Trinajstić information content (AvgIpc) is 2.93. The van der Waals surface area contributed by atoms with Crippen LogP contribution in [-0.4, -0.2) is 22.6 Å². The summed E-state index contributed by atoms with van der Waals surface area (Å²) >= 11 is 1.23. The summed E-state index contributed by atoms with van der Waals surface area (Å²) in [6, 6.07) is 7.51. The molecule has 1 amide bonds. The van der Waals surface area contributed by atoms with Gasteiger partial charge in [0.15, 0.2) is 0 Å². The van der Waals surface area contributed by atoms with E-state index in [0.717, 1.165) is 11.3 Å². The fourth-order valence-electron chi connectivity index (χ4n) is 2.53. The molecule has 0 aliphatic carbocycles. The number of thiophene rings is 1. The molecule has 0 unspecified atom stereocenters. The number of rotatable bonds is 4. The third-order valence-corrected chi connectivity index (χ3v) is 5.05. The first kappa shape index (κ1) is 16.2. The number of hydrogen-bond donors (Lipinski definition) is 1. The number of aryl methyl sites for hydroxylation is 2. The maximum absolute atomic E-state index is 12.5. The van der Waals surface area contributed by atoms with Crippen molar-refractivity contribution < 1.29 is 9.53 Å². The van der Waals surface area contributed by atoms with Crippen molar-refractivity contribution in [1.29, 1.82) is 0 Å². The quantitative estimate of drug-likeness (QED) is 0.788. The molecule has 0 saturated carbocycles. The lowest BCUT2D eigenvalue weighted by atomic mass is 10.2. The molecule has 0 bridgehead atoms. The Morgan fingerprint density at radius 2 is 2.12 bits per heavy atom. The molecule has 124 valence electrons. The van der Waals surface area contributed by atoms with Crippen molar-refractivity contribution in [3.63, 3.8) is 0 Å². The zero-order valence-electron chi connectivity index (χ0n) is 13.6. The van der Waals surface area contributed by atoms with Gasteiger partial charge in [0.25, 0.3) is 11.5 Å². The molecule has 0 saturated heterocycles. The first-order valence-corrected chi connectivity index (χ1v) is 8.19. The Morgan fingerprint density at radius 3 is 2.88 bits per heavy atom. The Bertz CT molecular complexity index is 975. The number of ether oxygens (including phenoxy) is 1. The highest BCUT2D eigenvalue weighted by molar-refractivity contribution is 7.20. The molecule has 0 spiro atoms. The number of nitrogens with one attached hydrogen (secondary N) is 1. The third-order valence-electron chi connectivity index (χ3n) is 3.85. The molecule has 0 fully saturated rings. The van der Waals surface area contributed by atoms with Crippen LogP contribution in [0.2, 0.25) is 0 Å². The van der Waals surface area contributed by atoms with E-state index in [2.05, 4.69) is 10.3 Å². The van der Waals surface area contributed by atoms with E-state index in [1.807, 2.05) is 24.3 Å². The fraction of sp³-hybridized carbons (Fsp3) is 0.235. The first-order chi connectivity index (χ1) is 11.5.